The Bertz CT molecular complexity index is 593. The number of esters is 1. The van der Waals surface area contributed by atoms with E-state index in [-0.39, 0.29) is 19.2 Å². The Balaban J connectivity index is 1.81. The molecule has 1 N–H and O–H groups in total. The SMILES string of the molecule is CCC(C)(C)C(=O)OCC(O)COc1ccc2c(c1)OC(C)(C)O2. The van der Waals surface area contributed by atoms with Crippen molar-refractivity contribution < 1.29 is 28.8 Å². The smallest absolute Gasteiger partial charge is 0.311 e. The highest BCUT2D eigenvalue weighted by atomic mass is 16.7. The molecule has 134 valence electrons. The van der Waals surface area contributed by atoms with E-state index >= 15 is 0 Å². The van der Waals surface area contributed by atoms with Gasteiger partial charge in [-0.05, 0) is 32.4 Å². The van der Waals surface area contributed by atoms with Gasteiger partial charge < -0.3 is 24.1 Å². The van der Waals surface area contributed by atoms with Gasteiger partial charge in [-0.2, -0.15) is 0 Å². The van der Waals surface area contributed by atoms with E-state index in [1.807, 2.05) is 34.6 Å². The van der Waals surface area contributed by atoms with Crippen LogP contribution in [0, 0.1) is 5.41 Å². The number of carbonyl (C=O) groups is 1. The molecule has 0 bridgehead atoms. The van der Waals surface area contributed by atoms with Crippen LogP contribution in [-0.2, 0) is 9.53 Å². The van der Waals surface area contributed by atoms with E-state index in [0.717, 1.165) is 0 Å². The van der Waals surface area contributed by atoms with Crippen molar-refractivity contribution in [3.05, 3.63) is 18.2 Å². The first-order valence-electron chi connectivity index (χ1n) is 8.13. The average Bonchev–Trinajstić information content (AvgIpc) is 2.83. The van der Waals surface area contributed by atoms with Gasteiger partial charge in [0.15, 0.2) is 11.5 Å². The first kappa shape index (κ1) is 18.4. The molecule has 24 heavy (non-hydrogen) atoms. The summed E-state index contributed by atoms with van der Waals surface area (Å²) in [5, 5.41) is 9.92. The minimum Gasteiger partial charge on any atom is -0.491 e. The molecule has 0 amide bonds. The first-order valence-corrected chi connectivity index (χ1v) is 8.13. The third kappa shape index (κ3) is 4.54. The second-order valence-corrected chi connectivity index (χ2v) is 7.01. The van der Waals surface area contributed by atoms with E-state index in [0.29, 0.717) is 23.7 Å². The van der Waals surface area contributed by atoms with Crippen LogP contribution in [-0.4, -0.2) is 36.2 Å². The molecule has 0 fully saturated rings. The zero-order valence-electron chi connectivity index (χ0n) is 14.9. The van der Waals surface area contributed by atoms with E-state index in [1.165, 1.54) is 0 Å². The second-order valence-electron chi connectivity index (χ2n) is 7.01. The number of fused-ring (bicyclic) bond motifs is 1. The topological polar surface area (TPSA) is 74.2 Å². The van der Waals surface area contributed by atoms with E-state index in [1.54, 1.807) is 18.2 Å². The van der Waals surface area contributed by atoms with Gasteiger partial charge in [-0.25, -0.2) is 0 Å². The fraction of sp³-hybridized carbons (Fsp3) is 0.611. The van der Waals surface area contributed by atoms with Crippen molar-refractivity contribution in [3.8, 4) is 17.2 Å². The van der Waals surface area contributed by atoms with Crippen LogP contribution in [0.3, 0.4) is 0 Å². The molecule has 0 saturated heterocycles. The Morgan fingerprint density at radius 1 is 1.25 bits per heavy atom. The summed E-state index contributed by atoms with van der Waals surface area (Å²) >= 11 is 0. The molecule has 1 heterocycles. The lowest BCUT2D eigenvalue weighted by Crippen LogP contribution is -2.31. The van der Waals surface area contributed by atoms with Gasteiger partial charge in [-0.15, -0.1) is 0 Å². The number of benzene rings is 1. The standard InChI is InChI=1S/C18H26O6/c1-6-17(2,3)16(20)22-11-12(19)10-21-13-7-8-14-15(9-13)24-18(4,5)23-14/h7-9,12,19H,6,10-11H2,1-5H3. The molecule has 1 aromatic rings. The zero-order valence-corrected chi connectivity index (χ0v) is 14.9. The molecule has 1 unspecified atom stereocenters. The number of aliphatic hydroxyl groups is 1. The second kappa shape index (κ2) is 6.89. The highest BCUT2D eigenvalue weighted by Gasteiger charge is 2.32. The van der Waals surface area contributed by atoms with Gasteiger partial charge in [0.25, 0.3) is 0 Å². The fourth-order valence-electron chi connectivity index (χ4n) is 2.04. The third-order valence-electron chi connectivity index (χ3n) is 3.91. The molecule has 0 spiro atoms. The normalized spacial score (nSPS) is 16.6. The molecule has 1 atom stereocenters. The minimum atomic E-state index is -0.900. The van der Waals surface area contributed by atoms with Gasteiger partial charge in [0.1, 0.15) is 25.1 Å². The summed E-state index contributed by atoms with van der Waals surface area (Å²) in [4.78, 5) is 11.9. The lowest BCUT2D eigenvalue weighted by molar-refractivity contribution is -0.157. The number of hydrogen-bond acceptors (Lipinski definition) is 6. The van der Waals surface area contributed by atoms with Crippen molar-refractivity contribution >= 4 is 5.97 Å². The van der Waals surface area contributed by atoms with Crippen LogP contribution in [0.15, 0.2) is 18.2 Å². The van der Waals surface area contributed by atoms with Crippen LogP contribution in [0.1, 0.15) is 41.0 Å². The average molecular weight is 338 g/mol. The van der Waals surface area contributed by atoms with E-state index < -0.39 is 17.3 Å². The Kier molecular flexibility index (Phi) is 5.28. The predicted molar refractivity (Wildman–Crippen MR) is 88.3 cm³/mol. The van der Waals surface area contributed by atoms with E-state index in [4.69, 9.17) is 18.9 Å². The maximum atomic E-state index is 11.9. The lowest BCUT2D eigenvalue weighted by Gasteiger charge is -2.21. The van der Waals surface area contributed by atoms with Crippen molar-refractivity contribution in [1.82, 2.24) is 0 Å². The van der Waals surface area contributed by atoms with Crippen molar-refractivity contribution in [2.45, 2.75) is 52.9 Å². The Labute approximate surface area is 142 Å². The number of aliphatic hydroxyl groups excluding tert-OH is 1. The largest absolute Gasteiger partial charge is 0.491 e. The molecule has 2 rings (SSSR count). The monoisotopic (exact) mass is 338 g/mol. The van der Waals surface area contributed by atoms with Crippen LogP contribution < -0.4 is 14.2 Å². The molecule has 1 aromatic carbocycles. The maximum Gasteiger partial charge on any atom is 0.311 e. The van der Waals surface area contributed by atoms with Crippen molar-refractivity contribution in [1.29, 1.82) is 0 Å². The molecule has 6 heteroatoms. The number of hydrogen-bond donors (Lipinski definition) is 1. The quantitative estimate of drug-likeness (QED) is 0.771. The summed E-state index contributed by atoms with van der Waals surface area (Å²) in [6.45, 7) is 9.11. The number of carbonyl (C=O) groups excluding carboxylic acids is 1. The van der Waals surface area contributed by atoms with Crippen LogP contribution in [0.2, 0.25) is 0 Å². The fourth-order valence-corrected chi connectivity index (χ4v) is 2.04. The molecule has 1 aliphatic rings. The summed E-state index contributed by atoms with van der Waals surface area (Å²) in [5.74, 6) is 0.788. The van der Waals surface area contributed by atoms with Crippen molar-refractivity contribution in [2.24, 2.45) is 5.41 Å². The van der Waals surface area contributed by atoms with Crippen LogP contribution in [0.4, 0.5) is 0 Å². The summed E-state index contributed by atoms with van der Waals surface area (Å²) in [7, 11) is 0. The van der Waals surface area contributed by atoms with Crippen molar-refractivity contribution in [3.63, 3.8) is 0 Å². The molecule has 0 aliphatic carbocycles. The van der Waals surface area contributed by atoms with E-state index in [9.17, 15) is 9.90 Å². The lowest BCUT2D eigenvalue weighted by atomic mass is 9.91. The molecule has 0 radical (unpaired) electrons. The summed E-state index contributed by atoms with van der Waals surface area (Å²) in [5.41, 5.74) is -0.551. The van der Waals surface area contributed by atoms with Crippen LogP contribution >= 0.6 is 0 Å². The van der Waals surface area contributed by atoms with Crippen LogP contribution in [0.5, 0.6) is 17.2 Å². The Morgan fingerprint density at radius 3 is 2.58 bits per heavy atom. The molecule has 6 nitrogen and oxygen atoms in total. The van der Waals surface area contributed by atoms with Gasteiger partial charge >= 0.3 is 5.97 Å². The Morgan fingerprint density at radius 2 is 1.92 bits per heavy atom. The molecule has 0 aromatic heterocycles. The number of ether oxygens (including phenoxy) is 4. The van der Waals surface area contributed by atoms with Gasteiger partial charge in [0.2, 0.25) is 5.79 Å². The highest BCUT2D eigenvalue weighted by Crippen LogP contribution is 2.41. The van der Waals surface area contributed by atoms with Crippen molar-refractivity contribution in [2.75, 3.05) is 13.2 Å². The molecular weight excluding hydrogens is 312 g/mol. The highest BCUT2D eigenvalue weighted by molar-refractivity contribution is 5.75. The summed E-state index contributed by atoms with van der Waals surface area (Å²) < 4.78 is 21.9. The van der Waals surface area contributed by atoms with Gasteiger partial charge in [-0.1, -0.05) is 6.92 Å². The molecule has 0 saturated carbocycles. The summed E-state index contributed by atoms with van der Waals surface area (Å²) in [6, 6.07) is 5.21. The minimum absolute atomic E-state index is 0.0167. The van der Waals surface area contributed by atoms with Gasteiger partial charge in [0.05, 0.1) is 5.41 Å². The molecule has 1 aliphatic heterocycles. The third-order valence-corrected chi connectivity index (χ3v) is 3.91. The van der Waals surface area contributed by atoms with Gasteiger partial charge in [-0.3, -0.25) is 4.79 Å². The van der Waals surface area contributed by atoms with E-state index in [2.05, 4.69) is 0 Å². The maximum absolute atomic E-state index is 11.9. The Hall–Kier alpha value is -1.95. The predicted octanol–water partition coefficient (Wildman–Crippen LogP) is 2.91. The molecular formula is C18H26O6. The van der Waals surface area contributed by atoms with Crippen LogP contribution in [0.25, 0.3) is 0 Å². The zero-order chi connectivity index (χ0) is 18.0. The first-order chi connectivity index (χ1) is 11.1. The number of rotatable bonds is 7. The summed E-state index contributed by atoms with van der Waals surface area (Å²) in [6.07, 6.45) is -0.227. The van der Waals surface area contributed by atoms with Gasteiger partial charge in [0, 0.05) is 19.9 Å².